The summed E-state index contributed by atoms with van der Waals surface area (Å²) >= 11 is 0. The van der Waals surface area contributed by atoms with Gasteiger partial charge in [-0.1, -0.05) is 42.5 Å². The number of nitrogens with one attached hydrogen (secondary N) is 1. The summed E-state index contributed by atoms with van der Waals surface area (Å²) in [4.78, 5) is 30.3. The minimum Gasteiger partial charge on any atom is -0.338 e. The Morgan fingerprint density at radius 1 is 1.04 bits per heavy atom. The summed E-state index contributed by atoms with van der Waals surface area (Å²) < 4.78 is 1.89. The molecular formula is C23H21N3O2. The number of H-pyrrole nitrogens is 1. The number of carbonyl (C=O) groups is 1. The third-order valence-corrected chi connectivity index (χ3v) is 5.70. The second kappa shape index (κ2) is 6.68. The van der Waals surface area contributed by atoms with Gasteiger partial charge in [0.15, 0.2) is 0 Å². The molecule has 1 saturated heterocycles. The zero-order valence-electron chi connectivity index (χ0n) is 15.5. The van der Waals surface area contributed by atoms with Gasteiger partial charge in [0.25, 0.3) is 11.5 Å². The minimum atomic E-state index is -0.137. The Morgan fingerprint density at radius 2 is 1.82 bits per heavy atom. The molecule has 0 bridgehead atoms. The molecule has 0 radical (unpaired) electrons. The molecule has 5 rings (SSSR count). The standard InChI is InChI=1S/C23H21N3O2/c27-22-19-10-4-5-11-20(19)26-15-18(13-21(26)24-22)23(28)25-12-6-9-17(14-25)16-7-2-1-3-8-16/h1-5,7-8,10-11,13,15,17H,6,9,12,14H2,(H,24,27). The van der Waals surface area contributed by atoms with Gasteiger partial charge in [0.2, 0.25) is 0 Å². The van der Waals surface area contributed by atoms with Gasteiger partial charge in [-0.2, -0.15) is 0 Å². The van der Waals surface area contributed by atoms with Crippen molar-refractivity contribution in [3.63, 3.8) is 0 Å². The van der Waals surface area contributed by atoms with Crippen LogP contribution >= 0.6 is 0 Å². The summed E-state index contributed by atoms with van der Waals surface area (Å²) in [5.74, 6) is 0.394. The third kappa shape index (κ3) is 2.80. The number of piperidine rings is 1. The second-order valence-electron chi connectivity index (χ2n) is 7.46. The summed E-state index contributed by atoms with van der Waals surface area (Å²) in [6.07, 6.45) is 3.93. The van der Waals surface area contributed by atoms with E-state index in [4.69, 9.17) is 0 Å². The maximum absolute atomic E-state index is 13.2. The maximum Gasteiger partial charge on any atom is 0.258 e. The number of hydrogen-bond donors (Lipinski definition) is 1. The van der Waals surface area contributed by atoms with Crippen molar-refractivity contribution < 1.29 is 4.79 Å². The summed E-state index contributed by atoms with van der Waals surface area (Å²) in [5.41, 5.74) is 3.21. The van der Waals surface area contributed by atoms with Crippen LogP contribution in [0, 0.1) is 0 Å². The van der Waals surface area contributed by atoms with E-state index < -0.39 is 0 Å². The van der Waals surface area contributed by atoms with E-state index in [-0.39, 0.29) is 11.5 Å². The highest BCUT2D eigenvalue weighted by Crippen LogP contribution is 2.28. The Hall–Kier alpha value is -3.34. The highest BCUT2D eigenvalue weighted by molar-refractivity contribution is 5.96. The van der Waals surface area contributed by atoms with Crippen LogP contribution in [-0.4, -0.2) is 33.3 Å². The molecule has 1 aliphatic heterocycles. The van der Waals surface area contributed by atoms with Crippen molar-refractivity contribution in [2.45, 2.75) is 18.8 Å². The van der Waals surface area contributed by atoms with Crippen LogP contribution in [0.1, 0.15) is 34.7 Å². The first-order valence-corrected chi connectivity index (χ1v) is 9.68. The molecular weight excluding hydrogens is 350 g/mol. The van der Waals surface area contributed by atoms with Crippen molar-refractivity contribution in [3.05, 3.63) is 88.3 Å². The van der Waals surface area contributed by atoms with Gasteiger partial charge in [0.1, 0.15) is 5.65 Å². The van der Waals surface area contributed by atoms with Gasteiger partial charge in [0, 0.05) is 25.2 Å². The van der Waals surface area contributed by atoms with Gasteiger partial charge < -0.3 is 14.3 Å². The molecule has 5 heteroatoms. The molecule has 140 valence electrons. The molecule has 5 nitrogen and oxygen atoms in total. The number of rotatable bonds is 2. The lowest BCUT2D eigenvalue weighted by molar-refractivity contribution is 0.0707. The summed E-state index contributed by atoms with van der Waals surface area (Å²) in [5, 5.41) is 0.617. The smallest absolute Gasteiger partial charge is 0.258 e. The van der Waals surface area contributed by atoms with E-state index in [1.54, 1.807) is 12.1 Å². The Morgan fingerprint density at radius 3 is 2.68 bits per heavy atom. The van der Waals surface area contributed by atoms with Gasteiger partial charge >= 0.3 is 0 Å². The van der Waals surface area contributed by atoms with Gasteiger partial charge in [-0.15, -0.1) is 0 Å². The van der Waals surface area contributed by atoms with E-state index in [0.29, 0.717) is 22.5 Å². The van der Waals surface area contributed by atoms with Crippen LogP contribution in [0.15, 0.2) is 71.7 Å². The zero-order chi connectivity index (χ0) is 19.1. The van der Waals surface area contributed by atoms with Gasteiger partial charge in [-0.05, 0) is 36.6 Å². The number of likely N-dealkylation sites (tertiary alicyclic amines) is 1. The normalized spacial score (nSPS) is 17.3. The number of carbonyl (C=O) groups excluding carboxylic acids is 1. The van der Waals surface area contributed by atoms with E-state index in [0.717, 1.165) is 31.4 Å². The molecule has 1 atom stereocenters. The first-order chi connectivity index (χ1) is 13.7. The number of aromatic nitrogens is 2. The van der Waals surface area contributed by atoms with Crippen molar-refractivity contribution in [2.75, 3.05) is 13.1 Å². The number of nitrogens with zero attached hydrogens (tertiary/aromatic N) is 2. The molecule has 2 aromatic heterocycles. The molecule has 1 amide bonds. The fraction of sp³-hybridized carbons (Fsp3) is 0.217. The van der Waals surface area contributed by atoms with Crippen LogP contribution in [0.25, 0.3) is 16.6 Å². The number of para-hydroxylation sites is 1. The first kappa shape index (κ1) is 16.8. The van der Waals surface area contributed by atoms with Crippen molar-refractivity contribution >= 4 is 22.5 Å². The van der Waals surface area contributed by atoms with E-state index >= 15 is 0 Å². The summed E-state index contributed by atoms with van der Waals surface area (Å²) in [6, 6.07) is 19.6. The minimum absolute atomic E-state index is 0.0225. The Bertz CT molecular complexity index is 1220. The molecule has 28 heavy (non-hydrogen) atoms. The van der Waals surface area contributed by atoms with Crippen LogP contribution in [0.2, 0.25) is 0 Å². The van der Waals surface area contributed by atoms with Crippen molar-refractivity contribution in [3.8, 4) is 0 Å². The Kier molecular flexibility index (Phi) is 4.01. The lowest BCUT2D eigenvalue weighted by Crippen LogP contribution is -2.39. The SMILES string of the molecule is O=C(c1cc2[nH]c(=O)c3ccccc3n2c1)N1CCCC(c2ccccc2)C1. The van der Waals surface area contributed by atoms with E-state index in [9.17, 15) is 9.59 Å². The maximum atomic E-state index is 13.2. The lowest BCUT2D eigenvalue weighted by atomic mass is 9.90. The van der Waals surface area contributed by atoms with Crippen LogP contribution in [0.5, 0.6) is 0 Å². The number of fused-ring (bicyclic) bond motifs is 3. The zero-order valence-corrected chi connectivity index (χ0v) is 15.5. The number of benzene rings is 2. The molecule has 1 N–H and O–H groups in total. The number of amides is 1. The lowest BCUT2D eigenvalue weighted by Gasteiger charge is -2.33. The number of aromatic amines is 1. The van der Waals surface area contributed by atoms with Crippen molar-refractivity contribution in [1.82, 2.24) is 14.3 Å². The highest BCUT2D eigenvalue weighted by atomic mass is 16.2. The fourth-order valence-electron chi connectivity index (χ4n) is 4.28. The summed E-state index contributed by atoms with van der Waals surface area (Å²) in [7, 11) is 0. The molecule has 1 fully saturated rings. The quantitative estimate of drug-likeness (QED) is 0.583. The van der Waals surface area contributed by atoms with Crippen LogP contribution in [0.4, 0.5) is 0 Å². The van der Waals surface area contributed by atoms with E-state index in [1.807, 2.05) is 39.8 Å². The number of hydrogen-bond acceptors (Lipinski definition) is 2. The average molecular weight is 371 g/mol. The van der Waals surface area contributed by atoms with Crippen LogP contribution in [0.3, 0.4) is 0 Å². The van der Waals surface area contributed by atoms with Crippen molar-refractivity contribution in [2.24, 2.45) is 0 Å². The van der Waals surface area contributed by atoms with E-state index in [1.165, 1.54) is 5.56 Å². The third-order valence-electron chi connectivity index (χ3n) is 5.70. The van der Waals surface area contributed by atoms with Gasteiger partial charge in [-0.25, -0.2) is 0 Å². The molecule has 0 aliphatic carbocycles. The second-order valence-corrected chi connectivity index (χ2v) is 7.46. The Labute approximate surface area is 162 Å². The molecule has 4 aromatic rings. The average Bonchev–Trinajstić information content (AvgIpc) is 3.18. The topological polar surface area (TPSA) is 57.6 Å². The summed E-state index contributed by atoms with van der Waals surface area (Å²) in [6.45, 7) is 1.50. The molecule has 0 saturated carbocycles. The molecule has 3 heterocycles. The van der Waals surface area contributed by atoms with Crippen LogP contribution < -0.4 is 5.56 Å². The molecule has 1 aliphatic rings. The predicted octanol–water partition coefficient (Wildman–Crippen LogP) is 3.80. The fourth-order valence-corrected chi connectivity index (χ4v) is 4.28. The monoisotopic (exact) mass is 371 g/mol. The van der Waals surface area contributed by atoms with E-state index in [2.05, 4.69) is 29.2 Å². The predicted molar refractivity (Wildman–Crippen MR) is 110 cm³/mol. The van der Waals surface area contributed by atoms with Gasteiger partial charge in [0.05, 0.1) is 16.5 Å². The van der Waals surface area contributed by atoms with Gasteiger partial charge in [-0.3, -0.25) is 9.59 Å². The Balaban J connectivity index is 1.49. The molecule has 2 aromatic carbocycles. The van der Waals surface area contributed by atoms with Crippen molar-refractivity contribution in [1.29, 1.82) is 0 Å². The molecule has 0 spiro atoms. The first-order valence-electron chi connectivity index (χ1n) is 9.68. The highest BCUT2D eigenvalue weighted by Gasteiger charge is 2.26. The molecule has 1 unspecified atom stereocenters. The largest absolute Gasteiger partial charge is 0.338 e. The van der Waals surface area contributed by atoms with Crippen LogP contribution in [-0.2, 0) is 0 Å².